The molecule has 2 atom stereocenters. The second-order valence-electron chi connectivity index (χ2n) is 6.45. The lowest BCUT2D eigenvalue weighted by molar-refractivity contribution is 0.265. The number of rotatable bonds is 5. The van der Waals surface area contributed by atoms with Gasteiger partial charge in [0.15, 0.2) is 0 Å². The van der Waals surface area contributed by atoms with Crippen LogP contribution in [0.2, 0.25) is 0 Å². The summed E-state index contributed by atoms with van der Waals surface area (Å²) in [5, 5.41) is 3.69. The van der Waals surface area contributed by atoms with E-state index < -0.39 is 0 Å². The quantitative estimate of drug-likeness (QED) is 0.698. The van der Waals surface area contributed by atoms with Crippen molar-refractivity contribution in [2.75, 3.05) is 13.1 Å². The maximum atomic E-state index is 3.69. The lowest BCUT2D eigenvalue weighted by Gasteiger charge is -2.25. The summed E-state index contributed by atoms with van der Waals surface area (Å²) in [6, 6.07) is 0. The fraction of sp³-hybridized carbons (Fsp3) is 1.00. The van der Waals surface area contributed by atoms with Crippen LogP contribution >= 0.6 is 0 Å². The van der Waals surface area contributed by atoms with Crippen LogP contribution in [0.4, 0.5) is 0 Å². The summed E-state index contributed by atoms with van der Waals surface area (Å²) in [5.41, 5.74) is 0. The van der Waals surface area contributed by atoms with E-state index in [0.29, 0.717) is 0 Å². The largest absolute Gasteiger partial charge is 0.316 e. The van der Waals surface area contributed by atoms with Crippen LogP contribution in [-0.2, 0) is 0 Å². The van der Waals surface area contributed by atoms with Crippen LogP contribution in [0.5, 0.6) is 0 Å². The molecule has 0 aromatic carbocycles. The lowest BCUT2D eigenvalue weighted by Crippen LogP contribution is -2.31. The summed E-state index contributed by atoms with van der Waals surface area (Å²) < 4.78 is 0. The molecule has 1 nitrogen and oxygen atoms in total. The van der Waals surface area contributed by atoms with E-state index in [1.54, 1.807) is 0 Å². The Morgan fingerprint density at radius 3 is 2.44 bits per heavy atom. The van der Waals surface area contributed by atoms with Crippen LogP contribution < -0.4 is 5.32 Å². The van der Waals surface area contributed by atoms with Crippen molar-refractivity contribution in [1.29, 1.82) is 0 Å². The summed E-state index contributed by atoms with van der Waals surface area (Å²) >= 11 is 0. The van der Waals surface area contributed by atoms with Crippen molar-refractivity contribution >= 4 is 0 Å². The van der Waals surface area contributed by atoms with E-state index in [1.165, 1.54) is 58.0 Å². The molecular formula is C15H29N. The predicted octanol–water partition coefficient (Wildman–Crippen LogP) is 3.84. The van der Waals surface area contributed by atoms with Gasteiger partial charge in [0, 0.05) is 0 Å². The number of hydrogen-bond donors (Lipinski definition) is 1. The van der Waals surface area contributed by atoms with Crippen LogP contribution in [0.15, 0.2) is 0 Å². The summed E-state index contributed by atoms with van der Waals surface area (Å²) in [6.45, 7) is 7.10. The maximum absolute atomic E-state index is 3.69. The van der Waals surface area contributed by atoms with E-state index in [0.717, 1.165) is 23.7 Å². The van der Waals surface area contributed by atoms with E-state index >= 15 is 0 Å². The Kier molecular flexibility index (Phi) is 4.69. The Morgan fingerprint density at radius 2 is 1.75 bits per heavy atom. The first-order valence-corrected chi connectivity index (χ1v) is 7.48. The van der Waals surface area contributed by atoms with E-state index in [9.17, 15) is 0 Å². The third-order valence-electron chi connectivity index (χ3n) is 4.40. The van der Waals surface area contributed by atoms with E-state index in [1.807, 2.05) is 0 Å². The van der Waals surface area contributed by atoms with Gasteiger partial charge in [-0.05, 0) is 62.4 Å². The standard InChI is InChI=1S/C15H29N/c1-12(2)10-16-11-14-6-4-3-5-7-15(14)13-8-9-13/h12-16H,3-11H2,1-2H3. The minimum absolute atomic E-state index is 0.796. The Labute approximate surface area is 101 Å². The second-order valence-corrected chi connectivity index (χ2v) is 6.45. The minimum Gasteiger partial charge on any atom is -0.316 e. The molecule has 0 aliphatic heterocycles. The van der Waals surface area contributed by atoms with Crippen LogP contribution in [0.3, 0.4) is 0 Å². The van der Waals surface area contributed by atoms with Crippen molar-refractivity contribution in [3.8, 4) is 0 Å². The van der Waals surface area contributed by atoms with Gasteiger partial charge in [0.2, 0.25) is 0 Å². The summed E-state index contributed by atoms with van der Waals surface area (Å²) in [7, 11) is 0. The van der Waals surface area contributed by atoms with Crippen LogP contribution in [0.25, 0.3) is 0 Å². The molecule has 0 aromatic heterocycles. The van der Waals surface area contributed by atoms with Crippen LogP contribution in [-0.4, -0.2) is 13.1 Å². The summed E-state index contributed by atoms with van der Waals surface area (Å²) in [5.74, 6) is 3.98. The molecule has 0 radical (unpaired) electrons. The van der Waals surface area contributed by atoms with E-state index in [2.05, 4.69) is 19.2 Å². The topological polar surface area (TPSA) is 12.0 Å². The second kappa shape index (κ2) is 6.05. The molecular weight excluding hydrogens is 194 g/mol. The monoisotopic (exact) mass is 223 g/mol. The normalized spacial score (nSPS) is 31.7. The van der Waals surface area contributed by atoms with Crippen molar-refractivity contribution in [3.05, 3.63) is 0 Å². The molecule has 0 saturated heterocycles. The van der Waals surface area contributed by atoms with Crippen molar-refractivity contribution < 1.29 is 0 Å². The first-order chi connectivity index (χ1) is 7.77. The van der Waals surface area contributed by atoms with Gasteiger partial charge in [0.25, 0.3) is 0 Å². The Balaban J connectivity index is 1.77. The SMILES string of the molecule is CC(C)CNCC1CCCCCC1C1CC1. The fourth-order valence-electron chi connectivity index (χ4n) is 3.37. The average Bonchev–Trinajstić information content (AvgIpc) is 3.02. The van der Waals surface area contributed by atoms with Gasteiger partial charge in [0.05, 0.1) is 0 Å². The molecule has 2 unspecified atom stereocenters. The molecule has 0 bridgehead atoms. The molecule has 0 heterocycles. The average molecular weight is 223 g/mol. The Bertz CT molecular complexity index is 196. The number of nitrogens with one attached hydrogen (secondary N) is 1. The lowest BCUT2D eigenvalue weighted by atomic mass is 9.84. The molecule has 2 saturated carbocycles. The zero-order valence-corrected chi connectivity index (χ0v) is 11.2. The molecule has 2 aliphatic rings. The zero-order chi connectivity index (χ0) is 11.4. The summed E-state index contributed by atoms with van der Waals surface area (Å²) in [4.78, 5) is 0. The molecule has 2 aliphatic carbocycles. The smallest absolute Gasteiger partial charge is 0.00177 e. The third kappa shape index (κ3) is 3.76. The molecule has 2 fully saturated rings. The van der Waals surface area contributed by atoms with E-state index in [4.69, 9.17) is 0 Å². The van der Waals surface area contributed by atoms with Gasteiger partial charge in [0.1, 0.15) is 0 Å². The number of hydrogen-bond acceptors (Lipinski definition) is 1. The highest BCUT2D eigenvalue weighted by Crippen LogP contribution is 2.45. The zero-order valence-electron chi connectivity index (χ0n) is 11.2. The van der Waals surface area contributed by atoms with Gasteiger partial charge in [-0.2, -0.15) is 0 Å². The molecule has 16 heavy (non-hydrogen) atoms. The molecule has 0 spiro atoms. The summed E-state index contributed by atoms with van der Waals surface area (Å²) in [6.07, 6.45) is 10.6. The Morgan fingerprint density at radius 1 is 1.00 bits per heavy atom. The first kappa shape index (κ1) is 12.4. The highest BCUT2D eigenvalue weighted by Gasteiger charge is 2.36. The van der Waals surface area contributed by atoms with Crippen molar-refractivity contribution in [1.82, 2.24) is 5.32 Å². The first-order valence-electron chi connectivity index (χ1n) is 7.48. The molecule has 2 rings (SSSR count). The van der Waals surface area contributed by atoms with Gasteiger partial charge in [-0.15, -0.1) is 0 Å². The van der Waals surface area contributed by atoms with Crippen LogP contribution in [0, 0.1) is 23.7 Å². The van der Waals surface area contributed by atoms with Gasteiger partial charge in [-0.1, -0.05) is 33.1 Å². The van der Waals surface area contributed by atoms with Gasteiger partial charge >= 0.3 is 0 Å². The molecule has 0 aromatic rings. The fourth-order valence-corrected chi connectivity index (χ4v) is 3.37. The van der Waals surface area contributed by atoms with Gasteiger partial charge in [-0.3, -0.25) is 0 Å². The minimum atomic E-state index is 0.796. The highest BCUT2D eigenvalue weighted by atomic mass is 14.9. The molecule has 1 N–H and O–H groups in total. The highest BCUT2D eigenvalue weighted by molar-refractivity contribution is 4.87. The van der Waals surface area contributed by atoms with Crippen LogP contribution in [0.1, 0.15) is 58.8 Å². The third-order valence-corrected chi connectivity index (χ3v) is 4.40. The van der Waals surface area contributed by atoms with Crippen molar-refractivity contribution in [3.63, 3.8) is 0 Å². The maximum Gasteiger partial charge on any atom is -0.00177 e. The molecule has 1 heteroatoms. The van der Waals surface area contributed by atoms with Gasteiger partial charge in [-0.25, -0.2) is 0 Å². The van der Waals surface area contributed by atoms with E-state index in [-0.39, 0.29) is 0 Å². The predicted molar refractivity (Wildman–Crippen MR) is 70.5 cm³/mol. The van der Waals surface area contributed by atoms with Gasteiger partial charge < -0.3 is 5.32 Å². The van der Waals surface area contributed by atoms with Crippen molar-refractivity contribution in [2.24, 2.45) is 23.7 Å². The molecule has 0 amide bonds. The molecule has 94 valence electrons. The Hall–Kier alpha value is -0.0400. The van der Waals surface area contributed by atoms with Crippen molar-refractivity contribution in [2.45, 2.75) is 58.8 Å².